The molecule has 0 aromatic heterocycles. The van der Waals surface area contributed by atoms with E-state index in [-0.39, 0.29) is 0 Å². The van der Waals surface area contributed by atoms with E-state index in [2.05, 4.69) is 59.2 Å². The van der Waals surface area contributed by atoms with Crippen LogP contribution in [0.1, 0.15) is 17.5 Å². The summed E-state index contributed by atoms with van der Waals surface area (Å²) in [5.74, 6) is 0. The number of hydrogen-bond donors (Lipinski definition) is 0. The molecule has 0 unspecified atom stereocenters. The first-order valence-corrected chi connectivity index (χ1v) is 6.13. The van der Waals surface area contributed by atoms with Crippen LogP contribution in [0.2, 0.25) is 0 Å². The van der Waals surface area contributed by atoms with Crippen LogP contribution in [0.3, 0.4) is 0 Å². The maximum atomic E-state index is 3.45. The molecule has 0 atom stereocenters. The number of alkyl halides is 1. The molecule has 0 fully saturated rings. The maximum Gasteiger partial charge on any atom is 0.0283 e. The van der Waals surface area contributed by atoms with Gasteiger partial charge in [-0.1, -0.05) is 40.2 Å². The number of halogens is 1. The molecule has 0 radical (unpaired) electrons. The minimum atomic E-state index is 0.949. The number of rotatable bonds is 5. The summed E-state index contributed by atoms with van der Waals surface area (Å²) in [6, 6.07) is 8.85. The molecule has 0 N–H and O–H groups in total. The standard InChI is InChI=1S/C12H18BrN/c1-14(2)9-3-4-11-5-7-12(10-13)8-6-11/h5-8H,3-4,9-10H2,1-2H3. The average Bonchev–Trinajstić information content (AvgIpc) is 2.18. The summed E-state index contributed by atoms with van der Waals surface area (Å²) in [7, 11) is 4.24. The zero-order valence-electron chi connectivity index (χ0n) is 8.96. The fourth-order valence-electron chi connectivity index (χ4n) is 1.39. The molecule has 0 aliphatic rings. The molecule has 1 aromatic carbocycles. The predicted octanol–water partition coefficient (Wildman–Crippen LogP) is 3.08. The van der Waals surface area contributed by atoms with Gasteiger partial charge in [-0.05, 0) is 44.6 Å². The first kappa shape index (κ1) is 11.7. The van der Waals surface area contributed by atoms with Crippen molar-refractivity contribution in [2.24, 2.45) is 0 Å². The van der Waals surface area contributed by atoms with E-state index in [1.165, 1.54) is 30.5 Å². The Bertz CT molecular complexity index is 254. The molecule has 0 aliphatic carbocycles. The third-order valence-electron chi connectivity index (χ3n) is 2.25. The van der Waals surface area contributed by atoms with Crippen LogP contribution >= 0.6 is 15.9 Å². The van der Waals surface area contributed by atoms with E-state index in [0.29, 0.717) is 0 Å². The van der Waals surface area contributed by atoms with Gasteiger partial charge in [-0.25, -0.2) is 0 Å². The Labute approximate surface area is 95.2 Å². The second-order valence-corrected chi connectivity index (χ2v) is 4.42. The summed E-state index contributed by atoms with van der Waals surface area (Å²) in [4.78, 5) is 2.23. The molecule has 78 valence electrons. The van der Waals surface area contributed by atoms with Crippen molar-refractivity contribution in [2.75, 3.05) is 20.6 Å². The van der Waals surface area contributed by atoms with Gasteiger partial charge in [0.05, 0.1) is 0 Å². The third kappa shape index (κ3) is 4.25. The van der Waals surface area contributed by atoms with Gasteiger partial charge in [0.2, 0.25) is 0 Å². The van der Waals surface area contributed by atoms with E-state index >= 15 is 0 Å². The van der Waals surface area contributed by atoms with Crippen molar-refractivity contribution < 1.29 is 0 Å². The van der Waals surface area contributed by atoms with Crippen molar-refractivity contribution in [3.05, 3.63) is 35.4 Å². The minimum absolute atomic E-state index is 0.949. The monoisotopic (exact) mass is 255 g/mol. The lowest BCUT2D eigenvalue weighted by Crippen LogP contribution is -2.13. The van der Waals surface area contributed by atoms with Crippen molar-refractivity contribution >= 4 is 15.9 Å². The van der Waals surface area contributed by atoms with Gasteiger partial charge in [0.25, 0.3) is 0 Å². The lowest BCUT2D eigenvalue weighted by atomic mass is 10.1. The van der Waals surface area contributed by atoms with Crippen LogP contribution in [-0.2, 0) is 11.8 Å². The van der Waals surface area contributed by atoms with Gasteiger partial charge in [-0.2, -0.15) is 0 Å². The largest absolute Gasteiger partial charge is 0.309 e. The highest BCUT2D eigenvalue weighted by Crippen LogP contribution is 2.09. The fourth-order valence-corrected chi connectivity index (χ4v) is 1.77. The summed E-state index contributed by atoms with van der Waals surface area (Å²) in [6.45, 7) is 1.17. The molecular weight excluding hydrogens is 238 g/mol. The average molecular weight is 256 g/mol. The molecule has 1 rings (SSSR count). The summed E-state index contributed by atoms with van der Waals surface area (Å²) in [5, 5.41) is 0.949. The van der Waals surface area contributed by atoms with Crippen LogP contribution in [-0.4, -0.2) is 25.5 Å². The van der Waals surface area contributed by atoms with Gasteiger partial charge < -0.3 is 4.90 Å². The highest BCUT2D eigenvalue weighted by molar-refractivity contribution is 9.08. The minimum Gasteiger partial charge on any atom is -0.309 e. The van der Waals surface area contributed by atoms with Crippen LogP contribution in [0.15, 0.2) is 24.3 Å². The van der Waals surface area contributed by atoms with E-state index in [9.17, 15) is 0 Å². The smallest absolute Gasteiger partial charge is 0.0283 e. The quantitative estimate of drug-likeness (QED) is 0.732. The predicted molar refractivity (Wildman–Crippen MR) is 65.9 cm³/mol. The number of hydrogen-bond acceptors (Lipinski definition) is 1. The summed E-state index contributed by atoms with van der Waals surface area (Å²) < 4.78 is 0. The van der Waals surface area contributed by atoms with Crippen LogP contribution < -0.4 is 0 Å². The van der Waals surface area contributed by atoms with Crippen LogP contribution in [0.5, 0.6) is 0 Å². The molecule has 0 aliphatic heterocycles. The van der Waals surface area contributed by atoms with E-state index in [1.807, 2.05) is 0 Å². The highest BCUT2D eigenvalue weighted by atomic mass is 79.9. The Morgan fingerprint density at radius 2 is 1.64 bits per heavy atom. The highest BCUT2D eigenvalue weighted by Gasteiger charge is 1.95. The van der Waals surface area contributed by atoms with Gasteiger partial charge in [-0.15, -0.1) is 0 Å². The van der Waals surface area contributed by atoms with Crippen molar-refractivity contribution in [2.45, 2.75) is 18.2 Å². The van der Waals surface area contributed by atoms with Gasteiger partial charge in [0.1, 0.15) is 0 Å². The fraction of sp³-hybridized carbons (Fsp3) is 0.500. The van der Waals surface area contributed by atoms with Gasteiger partial charge in [-0.3, -0.25) is 0 Å². The second-order valence-electron chi connectivity index (χ2n) is 3.86. The van der Waals surface area contributed by atoms with Gasteiger partial charge >= 0.3 is 0 Å². The number of nitrogens with zero attached hydrogens (tertiary/aromatic N) is 1. The Morgan fingerprint density at radius 3 is 2.14 bits per heavy atom. The summed E-state index contributed by atoms with van der Waals surface area (Å²) in [6.07, 6.45) is 2.42. The Morgan fingerprint density at radius 1 is 1.07 bits per heavy atom. The van der Waals surface area contributed by atoms with Gasteiger partial charge in [0, 0.05) is 5.33 Å². The van der Waals surface area contributed by atoms with Crippen molar-refractivity contribution in [3.63, 3.8) is 0 Å². The SMILES string of the molecule is CN(C)CCCc1ccc(CBr)cc1. The molecule has 0 amide bonds. The molecule has 14 heavy (non-hydrogen) atoms. The first-order valence-electron chi connectivity index (χ1n) is 5.01. The maximum absolute atomic E-state index is 3.45. The number of benzene rings is 1. The molecule has 2 heteroatoms. The van der Waals surface area contributed by atoms with Gasteiger partial charge in [0.15, 0.2) is 0 Å². The molecular formula is C12H18BrN. The zero-order chi connectivity index (χ0) is 10.4. The van der Waals surface area contributed by atoms with Crippen molar-refractivity contribution in [1.82, 2.24) is 4.90 Å². The van der Waals surface area contributed by atoms with Crippen molar-refractivity contribution in [1.29, 1.82) is 0 Å². The molecule has 1 aromatic rings. The molecule has 0 bridgehead atoms. The Balaban J connectivity index is 2.36. The third-order valence-corrected chi connectivity index (χ3v) is 2.90. The molecule has 0 heterocycles. The lowest BCUT2D eigenvalue weighted by molar-refractivity contribution is 0.400. The molecule has 0 spiro atoms. The van der Waals surface area contributed by atoms with Crippen LogP contribution in [0.4, 0.5) is 0 Å². The number of aryl methyl sites for hydroxylation is 1. The van der Waals surface area contributed by atoms with E-state index in [1.54, 1.807) is 0 Å². The molecule has 1 nitrogen and oxygen atoms in total. The van der Waals surface area contributed by atoms with Crippen LogP contribution in [0.25, 0.3) is 0 Å². The van der Waals surface area contributed by atoms with Crippen LogP contribution in [0, 0.1) is 0 Å². The Kier molecular flexibility index (Phi) is 5.20. The zero-order valence-corrected chi connectivity index (χ0v) is 10.5. The first-order chi connectivity index (χ1) is 6.72. The van der Waals surface area contributed by atoms with E-state index in [4.69, 9.17) is 0 Å². The summed E-state index contributed by atoms with van der Waals surface area (Å²) >= 11 is 3.45. The molecule has 0 saturated carbocycles. The topological polar surface area (TPSA) is 3.24 Å². The molecule has 0 saturated heterocycles. The van der Waals surface area contributed by atoms with E-state index in [0.717, 1.165) is 5.33 Å². The van der Waals surface area contributed by atoms with Crippen molar-refractivity contribution in [3.8, 4) is 0 Å². The summed E-state index contributed by atoms with van der Waals surface area (Å²) in [5.41, 5.74) is 2.79. The second kappa shape index (κ2) is 6.20. The normalized spacial score (nSPS) is 10.9. The van der Waals surface area contributed by atoms with E-state index < -0.39 is 0 Å². The Hall–Kier alpha value is -0.340. The lowest BCUT2D eigenvalue weighted by Gasteiger charge is -2.08.